The molecule has 0 saturated carbocycles. The summed E-state index contributed by atoms with van der Waals surface area (Å²) in [7, 11) is 6.81. The molecular formula is C33H40N4O6. The minimum atomic E-state index is -0.565. The number of aryl methyl sites for hydroxylation is 2. The van der Waals surface area contributed by atoms with E-state index in [0.29, 0.717) is 35.8 Å². The number of fused-ring (bicyclic) bond motifs is 2. The van der Waals surface area contributed by atoms with Crippen molar-refractivity contribution in [3.05, 3.63) is 77.4 Å². The molecule has 3 aromatic rings. The monoisotopic (exact) mass is 588 g/mol. The molecule has 1 aliphatic rings. The first-order valence-corrected chi connectivity index (χ1v) is 14.3. The Kier molecular flexibility index (Phi) is 10.6. The zero-order valence-corrected chi connectivity index (χ0v) is 25.5. The largest absolute Gasteiger partial charge is 0.493 e. The van der Waals surface area contributed by atoms with Crippen LogP contribution in [0.25, 0.3) is 0 Å². The Morgan fingerprint density at radius 2 is 1.58 bits per heavy atom. The molecule has 0 spiro atoms. The maximum Gasteiger partial charge on any atom is 0.411 e. The number of carbonyl (C=O) groups is 3. The van der Waals surface area contributed by atoms with E-state index < -0.39 is 6.09 Å². The van der Waals surface area contributed by atoms with Crippen LogP contribution in [-0.4, -0.2) is 82.3 Å². The van der Waals surface area contributed by atoms with Crippen LogP contribution < -0.4 is 19.7 Å². The van der Waals surface area contributed by atoms with E-state index in [-0.39, 0.29) is 31.5 Å². The third kappa shape index (κ3) is 7.84. The third-order valence-electron chi connectivity index (χ3n) is 7.24. The van der Waals surface area contributed by atoms with Gasteiger partial charge in [-0.3, -0.25) is 19.8 Å². The molecule has 0 atom stereocenters. The number of ether oxygens (including phenoxy) is 3. The van der Waals surface area contributed by atoms with Gasteiger partial charge in [0.15, 0.2) is 11.5 Å². The summed E-state index contributed by atoms with van der Waals surface area (Å²) in [6.45, 7) is 2.36. The van der Waals surface area contributed by atoms with Crippen molar-refractivity contribution in [2.24, 2.45) is 0 Å². The minimum absolute atomic E-state index is 0.122. The van der Waals surface area contributed by atoms with Crippen LogP contribution in [0.4, 0.5) is 21.9 Å². The molecule has 1 N–H and O–H groups in total. The first-order valence-electron chi connectivity index (χ1n) is 14.3. The number of amides is 3. The van der Waals surface area contributed by atoms with Gasteiger partial charge in [0.25, 0.3) is 5.91 Å². The predicted octanol–water partition coefficient (Wildman–Crippen LogP) is 4.67. The van der Waals surface area contributed by atoms with Crippen molar-refractivity contribution in [2.45, 2.75) is 26.2 Å². The Hall–Kier alpha value is -4.57. The molecular weight excluding hydrogens is 548 g/mol. The molecule has 10 nitrogen and oxygen atoms in total. The van der Waals surface area contributed by atoms with E-state index in [4.69, 9.17) is 14.2 Å². The van der Waals surface area contributed by atoms with Gasteiger partial charge in [-0.25, -0.2) is 4.79 Å². The van der Waals surface area contributed by atoms with Gasteiger partial charge in [0.1, 0.15) is 6.54 Å². The smallest absolute Gasteiger partial charge is 0.411 e. The number of anilines is 3. The van der Waals surface area contributed by atoms with Gasteiger partial charge in [-0.1, -0.05) is 30.3 Å². The van der Waals surface area contributed by atoms with Crippen molar-refractivity contribution in [1.29, 1.82) is 0 Å². The fraction of sp³-hybridized carbons (Fsp3) is 0.364. The average Bonchev–Trinajstić information content (AvgIpc) is 3.15. The highest BCUT2D eigenvalue weighted by Gasteiger charge is 2.29. The molecule has 0 aliphatic carbocycles. The standard InChI is InChI=1S/C33H40N4O6/c1-6-43-33(40)34-26-15-14-25-13-12-24-9-7-8-10-27(24)37(28(25)20-26)32(39)22-36(31(38)21-35(2)3)18-17-23-11-16-29(41-4)30(19-23)42-5/h7-11,14-16,19-20H,6,12-13,17-18,21-22H2,1-5H3,(H,34,40). The Morgan fingerprint density at radius 1 is 0.860 bits per heavy atom. The number of hydrogen-bond acceptors (Lipinski definition) is 7. The SMILES string of the molecule is CCOC(=O)Nc1ccc2c(c1)N(C(=O)CN(CCc1ccc(OC)c(OC)c1)C(=O)CN(C)C)c1ccccc1CC2. The van der Waals surface area contributed by atoms with Gasteiger partial charge >= 0.3 is 6.09 Å². The molecule has 0 saturated heterocycles. The summed E-state index contributed by atoms with van der Waals surface area (Å²) in [5.74, 6) is 0.827. The van der Waals surface area contributed by atoms with Crippen molar-refractivity contribution < 1.29 is 28.6 Å². The van der Waals surface area contributed by atoms with Crippen molar-refractivity contribution in [3.8, 4) is 11.5 Å². The first-order chi connectivity index (χ1) is 20.7. The summed E-state index contributed by atoms with van der Waals surface area (Å²) in [6, 6.07) is 19.0. The van der Waals surface area contributed by atoms with Crippen molar-refractivity contribution >= 4 is 35.0 Å². The molecule has 0 radical (unpaired) electrons. The Bertz CT molecular complexity index is 1460. The molecule has 0 aromatic heterocycles. The predicted molar refractivity (Wildman–Crippen MR) is 166 cm³/mol. The van der Waals surface area contributed by atoms with Crippen LogP contribution in [0.15, 0.2) is 60.7 Å². The lowest BCUT2D eigenvalue weighted by Crippen LogP contribution is -2.45. The van der Waals surface area contributed by atoms with Crippen molar-refractivity contribution in [2.75, 3.05) is 64.8 Å². The minimum Gasteiger partial charge on any atom is -0.493 e. The third-order valence-corrected chi connectivity index (χ3v) is 7.24. The fourth-order valence-electron chi connectivity index (χ4n) is 5.15. The van der Waals surface area contributed by atoms with E-state index in [1.807, 2.05) is 68.7 Å². The Morgan fingerprint density at radius 3 is 2.28 bits per heavy atom. The van der Waals surface area contributed by atoms with Crippen LogP contribution in [0, 0.1) is 0 Å². The van der Waals surface area contributed by atoms with Gasteiger partial charge in [0.2, 0.25) is 5.91 Å². The highest BCUT2D eigenvalue weighted by molar-refractivity contribution is 6.05. The second kappa shape index (κ2) is 14.6. The van der Waals surface area contributed by atoms with Crippen LogP contribution in [0.2, 0.25) is 0 Å². The summed E-state index contributed by atoms with van der Waals surface area (Å²) in [6.07, 6.45) is 1.43. The zero-order chi connectivity index (χ0) is 30.9. The number of rotatable bonds is 11. The van der Waals surface area contributed by atoms with Crippen molar-refractivity contribution in [1.82, 2.24) is 9.80 Å². The number of methoxy groups -OCH3 is 2. The molecule has 43 heavy (non-hydrogen) atoms. The lowest BCUT2D eigenvalue weighted by molar-refractivity contribution is -0.135. The van der Waals surface area contributed by atoms with Gasteiger partial charge in [0.05, 0.1) is 38.7 Å². The molecule has 1 heterocycles. The second-order valence-electron chi connectivity index (χ2n) is 10.5. The second-order valence-corrected chi connectivity index (χ2v) is 10.5. The molecule has 1 aliphatic heterocycles. The lowest BCUT2D eigenvalue weighted by atomic mass is 10.0. The fourth-order valence-corrected chi connectivity index (χ4v) is 5.15. The molecule has 0 fully saturated rings. The molecule has 4 rings (SSSR count). The van der Waals surface area contributed by atoms with Crippen molar-refractivity contribution in [3.63, 3.8) is 0 Å². The van der Waals surface area contributed by atoms with Crippen LogP contribution in [-0.2, 0) is 33.6 Å². The first kappa shape index (κ1) is 31.4. The summed E-state index contributed by atoms with van der Waals surface area (Å²) in [5.41, 5.74) is 4.90. The normalized spacial score (nSPS) is 12.1. The quantitative estimate of drug-likeness (QED) is 0.348. The zero-order valence-electron chi connectivity index (χ0n) is 25.5. The molecule has 0 bridgehead atoms. The Labute approximate surface area is 253 Å². The van der Waals surface area contributed by atoms with Gasteiger partial charge in [0, 0.05) is 12.2 Å². The Balaban J connectivity index is 1.66. The maximum atomic E-state index is 14.3. The number of hydrogen-bond donors (Lipinski definition) is 1. The van der Waals surface area contributed by atoms with E-state index in [1.54, 1.807) is 41.9 Å². The molecule has 3 aromatic carbocycles. The van der Waals surface area contributed by atoms with E-state index in [1.165, 1.54) is 0 Å². The van der Waals surface area contributed by atoms with Crippen LogP contribution in [0.1, 0.15) is 23.6 Å². The number of para-hydroxylation sites is 1. The van der Waals surface area contributed by atoms with Gasteiger partial charge in [-0.15, -0.1) is 0 Å². The van der Waals surface area contributed by atoms with Crippen LogP contribution in [0.5, 0.6) is 11.5 Å². The maximum absolute atomic E-state index is 14.3. The average molecular weight is 589 g/mol. The number of carbonyl (C=O) groups excluding carboxylic acids is 3. The number of benzene rings is 3. The molecule has 10 heteroatoms. The summed E-state index contributed by atoms with van der Waals surface area (Å²) in [5, 5.41) is 2.75. The molecule has 228 valence electrons. The van der Waals surface area contributed by atoms with E-state index in [0.717, 1.165) is 35.2 Å². The van der Waals surface area contributed by atoms with E-state index in [2.05, 4.69) is 5.32 Å². The van der Waals surface area contributed by atoms with Crippen LogP contribution >= 0.6 is 0 Å². The molecule has 3 amide bonds. The highest BCUT2D eigenvalue weighted by Crippen LogP contribution is 2.38. The number of nitrogens with one attached hydrogen (secondary N) is 1. The van der Waals surface area contributed by atoms with E-state index in [9.17, 15) is 14.4 Å². The van der Waals surface area contributed by atoms with Gasteiger partial charge in [-0.2, -0.15) is 0 Å². The summed E-state index contributed by atoms with van der Waals surface area (Å²) < 4.78 is 15.9. The van der Waals surface area contributed by atoms with E-state index >= 15 is 0 Å². The number of nitrogens with zero attached hydrogens (tertiary/aromatic N) is 3. The molecule has 0 unspecified atom stereocenters. The topological polar surface area (TPSA) is 101 Å². The van der Waals surface area contributed by atoms with Gasteiger partial charge < -0.3 is 24.0 Å². The number of likely N-dealkylation sites (N-methyl/N-ethyl adjacent to an activating group) is 1. The summed E-state index contributed by atoms with van der Waals surface area (Å²) in [4.78, 5) is 44.9. The lowest BCUT2D eigenvalue weighted by Gasteiger charge is -2.30. The highest BCUT2D eigenvalue weighted by atomic mass is 16.5. The summed E-state index contributed by atoms with van der Waals surface area (Å²) >= 11 is 0. The van der Waals surface area contributed by atoms with Crippen LogP contribution in [0.3, 0.4) is 0 Å². The van der Waals surface area contributed by atoms with Gasteiger partial charge in [-0.05, 0) is 87.3 Å².